The summed E-state index contributed by atoms with van der Waals surface area (Å²) in [6.45, 7) is 3.02. The van der Waals surface area contributed by atoms with Crippen LogP contribution in [-0.4, -0.2) is 26.1 Å². The number of unbranched alkanes of at least 4 members (excludes halogenated alkanes) is 15. The van der Waals surface area contributed by atoms with Gasteiger partial charge in [-0.2, -0.15) is 0 Å². The number of ether oxygens (including phenoxy) is 1. The fourth-order valence-corrected chi connectivity index (χ4v) is 5.00. The van der Waals surface area contributed by atoms with Crippen molar-refractivity contribution in [2.24, 2.45) is 0 Å². The second kappa shape index (κ2) is 17.9. The summed E-state index contributed by atoms with van der Waals surface area (Å²) in [6.07, 6.45) is 25.8. The van der Waals surface area contributed by atoms with Gasteiger partial charge in [-0.05, 0) is 12.0 Å². The molecule has 0 saturated carbocycles. The van der Waals surface area contributed by atoms with Gasteiger partial charge in [0.2, 0.25) is 0 Å². The second-order valence-corrected chi connectivity index (χ2v) is 10.4. The minimum Gasteiger partial charge on any atom is -0.382 e. The first kappa shape index (κ1) is 29.1. The van der Waals surface area contributed by atoms with Crippen molar-refractivity contribution in [3.05, 3.63) is 48.5 Å². The Bertz CT molecular complexity index is 974. The quantitative estimate of drug-likeness (QED) is 0.146. The van der Waals surface area contributed by atoms with Crippen LogP contribution in [0.2, 0.25) is 0 Å². The van der Waals surface area contributed by atoms with E-state index in [2.05, 4.69) is 46.1 Å². The third-order valence-electron chi connectivity index (χ3n) is 7.26. The number of nitrogen functional groups attached to an aromatic ring is 1. The minimum atomic E-state index is -0.168. The molecule has 0 aliphatic heterocycles. The Hall–Kier alpha value is -2.47. The maximum absolute atomic E-state index is 6.38. The van der Waals surface area contributed by atoms with Crippen LogP contribution in [0.3, 0.4) is 0 Å². The molecule has 0 amide bonds. The molecule has 0 saturated heterocycles. The zero-order chi connectivity index (χ0) is 26.0. The number of nitrogens with zero attached hydrogens (tertiary/aromatic N) is 4. The molecule has 6 nitrogen and oxygen atoms in total. The van der Waals surface area contributed by atoms with Crippen molar-refractivity contribution in [2.75, 3.05) is 12.3 Å². The maximum atomic E-state index is 6.38. The molecule has 1 atom stereocenters. The van der Waals surface area contributed by atoms with Crippen molar-refractivity contribution in [1.29, 1.82) is 0 Å². The van der Waals surface area contributed by atoms with Crippen LogP contribution in [0.5, 0.6) is 0 Å². The SMILES string of the molecule is CCCCCCCCCCCCCCCCCCOC(Cc1ccccc1)n1cnc2c(N)ncnc21. The molecule has 6 heteroatoms. The number of fused-ring (bicyclic) bond motifs is 1. The van der Waals surface area contributed by atoms with Gasteiger partial charge in [-0.15, -0.1) is 0 Å². The summed E-state index contributed by atoms with van der Waals surface area (Å²) in [5, 5.41) is 0. The van der Waals surface area contributed by atoms with Crippen LogP contribution in [0.4, 0.5) is 5.82 Å². The van der Waals surface area contributed by atoms with Crippen LogP contribution in [0, 0.1) is 0 Å². The first-order valence-electron chi connectivity index (χ1n) is 14.9. The van der Waals surface area contributed by atoms with Gasteiger partial charge in [0.05, 0.1) is 6.33 Å². The fourth-order valence-electron chi connectivity index (χ4n) is 5.00. The zero-order valence-electron chi connectivity index (χ0n) is 23.1. The molecule has 1 unspecified atom stereocenters. The normalized spacial score (nSPS) is 12.4. The zero-order valence-corrected chi connectivity index (χ0v) is 23.1. The Kier molecular flexibility index (Phi) is 14.1. The van der Waals surface area contributed by atoms with Crippen LogP contribution in [-0.2, 0) is 11.2 Å². The lowest BCUT2D eigenvalue weighted by Gasteiger charge is -2.20. The molecule has 3 rings (SSSR count). The predicted octanol–water partition coefficient (Wildman–Crippen LogP) is 8.43. The van der Waals surface area contributed by atoms with E-state index in [0.29, 0.717) is 11.3 Å². The van der Waals surface area contributed by atoms with Crippen LogP contribution >= 0.6 is 0 Å². The third kappa shape index (κ3) is 10.8. The summed E-state index contributed by atoms with van der Waals surface area (Å²) < 4.78 is 8.37. The summed E-state index contributed by atoms with van der Waals surface area (Å²) in [5.41, 5.74) is 8.58. The lowest BCUT2D eigenvalue weighted by Crippen LogP contribution is -2.16. The molecule has 2 heterocycles. The Morgan fingerprint density at radius 2 is 1.30 bits per heavy atom. The molecule has 0 radical (unpaired) electrons. The molecule has 204 valence electrons. The molecule has 0 spiro atoms. The van der Waals surface area contributed by atoms with Crippen LogP contribution in [0.25, 0.3) is 11.2 Å². The van der Waals surface area contributed by atoms with E-state index in [4.69, 9.17) is 10.5 Å². The fraction of sp³-hybridized carbons (Fsp3) is 0.645. The average Bonchev–Trinajstić information content (AvgIpc) is 3.36. The highest BCUT2D eigenvalue weighted by molar-refractivity contribution is 5.81. The largest absolute Gasteiger partial charge is 0.382 e. The molecule has 37 heavy (non-hydrogen) atoms. The first-order valence-corrected chi connectivity index (χ1v) is 14.9. The van der Waals surface area contributed by atoms with E-state index in [0.717, 1.165) is 25.1 Å². The Morgan fingerprint density at radius 3 is 1.89 bits per heavy atom. The van der Waals surface area contributed by atoms with Crippen molar-refractivity contribution in [2.45, 2.75) is 122 Å². The van der Waals surface area contributed by atoms with Gasteiger partial charge in [0.25, 0.3) is 0 Å². The van der Waals surface area contributed by atoms with Gasteiger partial charge >= 0.3 is 0 Å². The molecular formula is C31H49N5O. The lowest BCUT2D eigenvalue weighted by molar-refractivity contribution is 0.00302. The maximum Gasteiger partial charge on any atom is 0.167 e. The van der Waals surface area contributed by atoms with E-state index in [-0.39, 0.29) is 6.23 Å². The van der Waals surface area contributed by atoms with E-state index in [1.807, 2.05) is 10.6 Å². The molecule has 0 bridgehead atoms. The highest BCUT2D eigenvalue weighted by atomic mass is 16.5. The van der Waals surface area contributed by atoms with Crippen molar-refractivity contribution in [3.8, 4) is 0 Å². The molecule has 0 fully saturated rings. The number of hydrogen-bond donors (Lipinski definition) is 1. The predicted molar refractivity (Wildman–Crippen MR) is 154 cm³/mol. The lowest BCUT2D eigenvalue weighted by atomic mass is 10.0. The van der Waals surface area contributed by atoms with E-state index in [1.54, 1.807) is 6.33 Å². The van der Waals surface area contributed by atoms with Gasteiger partial charge in [0, 0.05) is 13.0 Å². The van der Waals surface area contributed by atoms with E-state index >= 15 is 0 Å². The topological polar surface area (TPSA) is 78.9 Å². The Balaban J connectivity index is 1.27. The van der Waals surface area contributed by atoms with Gasteiger partial charge < -0.3 is 10.5 Å². The number of hydrogen-bond acceptors (Lipinski definition) is 5. The van der Waals surface area contributed by atoms with Crippen LogP contribution < -0.4 is 5.73 Å². The number of imidazole rings is 1. The number of benzene rings is 1. The molecule has 2 aromatic heterocycles. The van der Waals surface area contributed by atoms with Gasteiger partial charge in [0.1, 0.15) is 18.1 Å². The van der Waals surface area contributed by atoms with Crippen LogP contribution in [0.15, 0.2) is 43.0 Å². The van der Waals surface area contributed by atoms with Gasteiger partial charge in [-0.25, -0.2) is 15.0 Å². The second-order valence-electron chi connectivity index (χ2n) is 10.4. The van der Waals surface area contributed by atoms with Crippen molar-refractivity contribution < 1.29 is 4.74 Å². The van der Waals surface area contributed by atoms with E-state index in [1.165, 1.54) is 108 Å². The van der Waals surface area contributed by atoms with Crippen molar-refractivity contribution in [1.82, 2.24) is 19.5 Å². The summed E-state index contributed by atoms with van der Waals surface area (Å²) in [6, 6.07) is 10.4. The highest BCUT2D eigenvalue weighted by Crippen LogP contribution is 2.23. The molecule has 1 aromatic carbocycles. The highest BCUT2D eigenvalue weighted by Gasteiger charge is 2.17. The molecule has 0 aliphatic rings. The summed E-state index contributed by atoms with van der Waals surface area (Å²) >= 11 is 0. The number of rotatable bonds is 21. The van der Waals surface area contributed by atoms with E-state index < -0.39 is 0 Å². The summed E-state index contributed by atoms with van der Waals surface area (Å²) in [7, 11) is 0. The van der Waals surface area contributed by atoms with Gasteiger partial charge in [-0.3, -0.25) is 4.57 Å². The minimum absolute atomic E-state index is 0.168. The summed E-state index contributed by atoms with van der Waals surface area (Å²) in [5.74, 6) is 0.403. The van der Waals surface area contributed by atoms with Gasteiger partial charge in [0.15, 0.2) is 11.5 Å². The van der Waals surface area contributed by atoms with E-state index in [9.17, 15) is 0 Å². The smallest absolute Gasteiger partial charge is 0.167 e. The molecule has 2 N–H and O–H groups in total. The van der Waals surface area contributed by atoms with Gasteiger partial charge in [-0.1, -0.05) is 134 Å². The Morgan fingerprint density at radius 1 is 0.730 bits per heavy atom. The Labute approximate surface area is 224 Å². The number of anilines is 1. The standard InChI is InChI=1S/C31H49N5O/c1-2-3-4-5-6-7-8-9-10-11-12-13-14-15-16-20-23-37-28(24-27-21-18-17-19-22-27)36-26-35-29-30(32)33-25-34-31(29)36/h17-19,21-22,25-26,28H,2-16,20,23-24H2,1H3,(H2,32,33,34). The number of aromatic nitrogens is 4. The number of nitrogens with two attached hydrogens (primary N) is 1. The average molecular weight is 508 g/mol. The molecule has 0 aliphatic carbocycles. The monoisotopic (exact) mass is 507 g/mol. The first-order chi connectivity index (χ1) is 18.3. The summed E-state index contributed by atoms with van der Waals surface area (Å²) in [4.78, 5) is 12.9. The van der Waals surface area contributed by atoms with Crippen molar-refractivity contribution in [3.63, 3.8) is 0 Å². The third-order valence-corrected chi connectivity index (χ3v) is 7.26. The van der Waals surface area contributed by atoms with Crippen molar-refractivity contribution >= 4 is 17.0 Å². The molecule has 3 aromatic rings. The van der Waals surface area contributed by atoms with Crippen LogP contribution in [0.1, 0.15) is 121 Å². The molecular weight excluding hydrogens is 458 g/mol.